The Kier molecular flexibility index (Phi) is 6.70. The Morgan fingerprint density at radius 2 is 1.95 bits per heavy atom. The predicted molar refractivity (Wildman–Crippen MR) is 84.4 cm³/mol. The summed E-state index contributed by atoms with van der Waals surface area (Å²) in [6.07, 6.45) is 3.48. The molecule has 1 rings (SSSR count). The molecule has 3 heteroatoms. The van der Waals surface area contributed by atoms with Gasteiger partial charge in [-0.15, -0.1) is 0 Å². The number of ether oxygens (including phenoxy) is 1. The Balaban J connectivity index is 2.68. The van der Waals surface area contributed by atoms with Gasteiger partial charge in [-0.05, 0) is 36.5 Å². The van der Waals surface area contributed by atoms with E-state index in [1.54, 1.807) is 7.11 Å². The van der Waals surface area contributed by atoms with E-state index in [4.69, 9.17) is 16.3 Å². The standard InChI is InChI=1S/C17H25ClO2/c1-17(2,3)16(19)12-13-8-9-15(18)14(11-13)7-5-6-10-20-4/h8-9,11H,5-7,10,12H2,1-4H3. The number of rotatable bonds is 7. The Bertz CT molecular complexity index is 447. The zero-order valence-electron chi connectivity index (χ0n) is 13.0. The molecule has 1 aromatic carbocycles. The molecule has 2 nitrogen and oxygen atoms in total. The van der Waals surface area contributed by atoms with Gasteiger partial charge in [-0.25, -0.2) is 0 Å². The summed E-state index contributed by atoms with van der Waals surface area (Å²) in [5.74, 6) is 0.255. The first kappa shape index (κ1) is 17.2. The number of Topliss-reactive ketones (excluding diaryl/α,β-unsaturated/α-hetero) is 1. The summed E-state index contributed by atoms with van der Waals surface area (Å²) in [6, 6.07) is 5.92. The summed E-state index contributed by atoms with van der Waals surface area (Å²) in [5, 5.41) is 0.786. The van der Waals surface area contributed by atoms with Gasteiger partial charge in [-0.1, -0.05) is 44.5 Å². The summed E-state index contributed by atoms with van der Waals surface area (Å²) in [6.45, 7) is 6.64. The molecular weight excluding hydrogens is 272 g/mol. The lowest BCUT2D eigenvalue weighted by molar-refractivity contribution is -0.125. The number of halogens is 1. The van der Waals surface area contributed by atoms with Crippen LogP contribution in [0.2, 0.25) is 5.02 Å². The van der Waals surface area contributed by atoms with Crippen molar-refractivity contribution in [3.8, 4) is 0 Å². The third-order valence-electron chi connectivity index (χ3n) is 3.36. The zero-order chi connectivity index (χ0) is 15.2. The van der Waals surface area contributed by atoms with Crippen molar-refractivity contribution in [2.45, 2.75) is 46.5 Å². The van der Waals surface area contributed by atoms with E-state index < -0.39 is 0 Å². The molecule has 0 radical (unpaired) electrons. The van der Waals surface area contributed by atoms with E-state index in [2.05, 4.69) is 6.07 Å². The predicted octanol–water partition coefficient (Wildman–Crippen LogP) is 4.47. The molecule has 0 heterocycles. The number of ketones is 1. The Morgan fingerprint density at radius 3 is 2.55 bits per heavy atom. The molecule has 0 amide bonds. The molecule has 0 aliphatic carbocycles. The van der Waals surface area contributed by atoms with Gasteiger partial charge in [0.2, 0.25) is 0 Å². The van der Waals surface area contributed by atoms with Gasteiger partial charge in [-0.2, -0.15) is 0 Å². The highest BCUT2D eigenvalue weighted by Crippen LogP contribution is 2.23. The third kappa shape index (κ3) is 5.64. The van der Waals surface area contributed by atoms with Crippen LogP contribution in [0.25, 0.3) is 0 Å². The first-order valence-corrected chi connectivity index (χ1v) is 7.52. The van der Waals surface area contributed by atoms with Gasteiger partial charge in [0.05, 0.1) is 0 Å². The normalized spacial score (nSPS) is 11.7. The highest BCUT2D eigenvalue weighted by Gasteiger charge is 2.21. The van der Waals surface area contributed by atoms with Gasteiger partial charge in [-0.3, -0.25) is 4.79 Å². The molecule has 0 atom stereocenters. The van der Waals surface area contributed by atoms with Gasteiger partial charge in [0.25, 0.3) is 0 Å². The number of hydrogen-bond donors (Lipinski definition) is 0. The van der Waals surface area contributed by atoms with E-state index in [0.717, 1.165) is 42.0 Å². The quantitative estimate of drug-likeness (QED) is 0.694. The monoisotopic (exact) mass is 296 g/mol. The molecule has 0 aliphatic heterocycles. The molecule has 0 spiro atoms. The maximum Gasteiger partial charge on any atom is 0.142 e. The highest BCUT2D eigenvalue weighted by molar-refractivity contribution is 6.31. The van der Waals surface area contributed by atoms with E-state index in [9.17, 15) is 4.79 Å². The van der Waals surface area contributed by atoms with E-state index in [1.165, 1.54) is 0 Å². The largest absolute Gasteiger partial charge is 0.385 e. The fourth-order valence-electron chi connectivity index (χ4n) is 1.94. The van der Waals surface area contributed by atoms with Crippen LogP contribution in [0.1, 0.15) is 44.7 Å². The van der Waals surface area contributed by atoms with Crippen LogP contribution < -0.4 is 0 Å². The van der Waals surface area contributed by atoms with Crippen molar-refractivity contribution >= 4 is 17.4 Å². The van der Waals surface area contributed by atoms with Crippen LogP contribution in [0.3, 0.4) is 0 Å². The van der Waals surface area contributed by atoms with Crippen LogP contribution in [0.4, 0.5) is 0 Å². The second kappa shape index (κ2) is 7.80. The number of aryl methyl sites for hydroxylation is 1. The lowest BCUT2D eigenvalue weighted by Crippen LogP contribution is -2.22. The number of carbonyl (C=O) groups excluding carboxylic acids is 1. The van der Waals surface area contributed by atoms with E-state index in [1.807, 2.05) is 32.9 Å². The minimum atomic E-state index is -0.293. The fourth-order valence-corrected chi connectivity index (χ4v) is 2.15. The van der Waals surface area contributed by atoms with Gasteiger partial charge >= 0.3 is 0 Å². The summed E-state index contributed by atoms with van der Waals surface area (Å²) >= 11 is 6.22. The zero-order valence-corrected chi connectivity index (χ0v) is 13.7. The van der Waals surface area contributed by atoms with Crippen molar-refractivity contribution in [3.05, 3.63) is 34.3 Å². The smallest absolute Gasteiger partial charge is 0.142 e. The molecule has 20 heavy (non-hydrogen) atoms. The topological polar surface area (TPSA) is 26.3 Å². The van der Waals surface area contributed by atoms with Crippen molar-refractivity contribution in [2.75, 3.05) is 13.7 Å². The Morgan fingerprint density at radius 1 is 1.25 bits per heavy atom. The van der Waals surface area contributed by atoms with Crippen LogP contribution in [0.15, 0.2) is 18.2 Å². The number of carbonyl (C=O) groups is 1. The van der Waals surface area contributed by atoms with Gasteiger partial charge < -0.3 is 4.74 Å². The minimum absolute atomic E-state index is 0.255. The van der Waals surface area contributed by atoms with Crippen LogP contribution in [0, 0.1) is 5.41 Å². The molecule has 112 valence electrons. The van der Waals surface area contributed by atoms with Gasteiger partial charge in [0.15, 0.2) is 0 Å². The molecule has 0 N–H and O–H groups in total. The number of benzene rings is 1. The Hall–Kier alpha value is -0.860. The molecule has 0 fully saturated rings. The molecular formula is C17H25ClO2. The molecule has 0 aromatic heterocycles. The SMILES string of the molecule is COCCCCc1cc(CC(=O)C(C)(C)C)ccc1Cl. The lowest BCUT2D eigenvalue weighted by Gasteiger charge is -2.17. The third-order valence-corrected chi connectivity index (χ3v) is 3.72. The molecule has 0 aliphatic rings. The first-order valence-electron chi connectivity index (χ1n) is 7.14. The first-order chi connectivity index (χ1) is 9.34. The van der Waals surface area contributed by atoms with Crippen molar-refractivity contribution in [1.82, 2.24) is 0 Å². The average Bonchev–Trinajstić information content (AvgIpc) is 2.37. The molecule has 0 bridgehead atoms. The van der Waals surface area contributed by atoms with Crippen LogP contribution >= 0.6 is 11.6 Å². The van der Waals surface area contributed by atoms with Gasteiger partial charge in [0, 0.05) is 30.6 Å². The van der Waals surface area contributed by atoms with E-state index in [-0.39, 0.29) is 11.2 Å². The Labute approximate surface area is 127 Å². The highest BCUT2D eigenvalue weighted by atomic mass is 35.5. The van der Waals surface area contributed by atoms with Crippen molar-refractivity contribution in [1.29, 1.82) is 0 Å². The summed E-state index contributed by atoms with van der Waals surface area (Å²) in [7, 11) is 1.71. The molecule has 0 saturated carbocycles. The summed E-state index contributed by atoms with van der Waals surface area (Å²) in [4.78, 5) is 12.1. The lowest BCUT2D eigenvalue weighted by atomic mass is 9.87. The van der Waals surface area contributed by atoms with Crippen molar-refractivity contribution in [3.63, 3.8) is 0 Å². The van der Waals surface area contributed by atoms with Gasteiger partial charge in [0.1, 0.15) is 5.78 Å². The minimum Gasteiger partial charge on any atom is -0.385 e. The fraction of sp³-hybridized carbons (Fsp3) is 0.588. The van der Waals surface area contributed by atoms with Crippen LogP contribution in [-0.2, 0) is 22.4 Å². The van der Waals surface area contributed by atoms with E-state index in [0.29, 0.717) is 6.42 Å². The second-order valence-corrected chi connectivity index (χ2v) is 6.63. The second-order valence-electron chi connectivity index (χ2n) is 6.23. The number of methoxy groups -OCH3 is 1. The maximum atomic E-state index is 12.1. The average molecular weight is 297 g/mol. The molecule has 0 saturated heterocycles. The molecule has 0 unspecified atom stereocenters. The number of unbranched alkanes of at least 4 members (excludes halogenated alkanes) is 1. The van der Waals surface area contributed by atoms with Crippen molar-refractivity contribution in [2.24, 2.45) is 5.41 Å². The summed E-state index contributed by atoms with van der Waals surface area (Å²) < 4.78 is 5.05. The van der Waals surface area contributed by atoms with Crippen LogP contribution in [-0.4, -0.2) is 19.5 Å². The maximum absolute atomic E-state index is 12.1. The van der Waals surface area contributed by atoms with E-state index >= 15 is 0 Å². The number of hydrogen-bond acceptors (Lipinski definition) is 2. The summed E-state index contributed by atoms with van der Waals surface area (Å²) in [5.41, 5.74) is 1.89. The van der Waals surface area contributed by atoms with Crippen LogP contribution in [0.5, 0.6) is 0 Å². The van der Waals surface area contributed by atoms with Crippen molar-refractivity contribution < 1.29 is 9.53 Å². The molecule has 1 aromatic rings.